The molecule has 0 saturated heterocycles. The number of ether oxygens (including phenoxy) is 1. The van der Waals surface area contributed by atoms with E-state index in [1.54, 1.807) is 0 Å². The molecule has 0 aromatic heterocycles. The number of para-hydroxylation sites is 1. The van der Waals surface area contributed by atoms with Crippen molar-refractivity contribution < 1.29 is 4.74 Å². The summed E-state index contributed by atoms with van der Waals surface area (Å²) in [5.74, 6) is 1.83. The van der Waals surface area contributed by atoms with Crippen LogP contribution in [0, 0.1) is 6.92 Å². The highest BCUT2D eigenvalue weighted by Gasteiger charge is 2.05. The van der Waals surface area contributed by atoms with Crippen molar-refractivity contribution in [2.24, 2.45) is 5.73 Å². The predicted octanol–water partition coefficient (Wildman–Crippen LogP) is 3.81. The molecule has 2 rings (SSSR count). The molecule has 0 fully saturated rings. The molecule has 18 heavy (non-hydrogen) atoms. The quantitative estimate of drug-likeness (QED) is 0.883. The van der Waals surface area contributed by atoms with E-state index in [0.29, 0.717) is 6.54 Å². The topological polar surface area (TPSA) is 35.2 Å². The van der Waals surface area contributed by atoms with Crippen LogP contribution in [0.15, 0.2) is 42.5 Å². The number of hydrogen-bond donors (Lipinski definition) is 1. The maximum absolute atomic E-state index is 5.99. The standard InChI is InChI=1S/C16H19NO/c1-3-14-6-4-5-7-16(14)18-15-9-8-13(11-17)10-12(15)2/h4-10H,3,11,17H2,1-2H3. The molecule has 0 spiro atoms. The molecular weight excluding hydrogens is 222 g/mol. The first-order chi connectivity index (χ1) is 8.74. The molecule has 94 valence electrons. The van der Waals surface area contributed by atoms with Gasteiger partial charge in [-0.1, -0.05) is 37.3 Å². The molecule has 2 heteroatoms. The lowest BCUT2D eigenvalue weighted by Crippen LogP contribution is -1.98. The number of benzene rings is 2. The molecule has 2 aromatic carbocycles. The van der Waals surface area contributed by atoms with Crippen LogP contribution in [-0.4, -0.2) is 0 Å². The van der Waals surface area contributed by atoms with E-state index >= 15 is 0 Å². The van der Waals surface area contributed by atoms with E-state index in [1.807, 2.05) is 37.3 Å². The third kappa shape index (κ3) is 2.71. The van der Waals surface area contributed by atoms with E-state index in [-0.39, 0.29) is 0 Å². The van der Waals surface area contributed by atoms with Gasteiger partial charge in [-0.05, 0) is 42.2 Å². The zero-order chi connectivity index (χ0) is 13.0. The SMILES string of the molecule is CCc1ccccc1Oc1ccc(CN)cc1C. The van der Waals surface area contributed by atoms with Gasteiger partial charge in [-0.15, -0.1) is 0 Å². The lowest BCUT2D eigenvalue weighted by atomic mass is 10.1. The lowest BCUT2D eigenvalue weighted by Gasteiger charge is -2.12. The van der Waals surface area contributed by atoms with Gasteiger partial charge in [-0.25, -0.2) is 0 Å². The molecule has 0 aliphatic carbocycles. The molecule has 0 aliphatic rings. The van der Waals surface area contributed by atoms with E-state index in [1.165, 1.54) is 5.56 Å². The van der Waals surface area contributed by atoms with Crippen molar-refractivity contribution in [3.05, 3.63) is 59.2 Å². The summed E-state index contributed by atoms with van der Waals surface area (Å²) in [5, 5.41) is 0. The number of aryl methyl sites for hydroxylation is 2. The van der Waals surface area contributed by atoms with Gasteiger partial charge in [0.1, 0.15) is 11.5 Å². The first-order valence-electron chi connectivity index (χ1n) is 6.30. The van der Waals surface area contributed by atoms with Gasteiger partial charge in [-0.2, -0.15) is 0 Å². The van der Waals surface area contributed by atoms with Crippen molar-refractivity contribution in [3.63, 3.8) is 0 Å². The summed E-state index contributed by atoms with van der Waals surface area (Å²) in [6.07, 6.45) is 0.968. The molecule has 2 nitrogen and oxygen atoms in total. The summed E-state index contributed by atoms with van der Waals surface area (Å²) in [7, 11) is 0. The van der Waals surface area contributed by atoms with Crippen molar-refractivity contribution in [1.29, 1.82) is 0 Å². The predicted molar refractivity (Wildman–Crippen MR) is 75.0 cm³/mol. The highest BCUT2D eigenvalue weighted by molar-refractivity contribution is 5.42. The summed E-state index contributed by atoms with van der Waals surface area (Å²) in [4.78, 5) is 0. The molecule has 0 saturated carbocycles. The summed E-state index contributed by atoms with van der Waals surface area (Å²) < 4.78 is 5.99. The van der Waals surface area contributed by atoms with Crippen LogP contribution >= 0.6 is 0 Å². The van der Waals surface area contributed by atoms with Gasteiger partial charge < -0.3 is 10.5 Å². The normalized spacial score (nSPS) is 10.4. The third-order valence-corrected chi connectivity index (χ3v) is 3.05. The molecule has 0 unspecified atom stereocenters. The van der Waals surface area contributed by atoms with Crippen LogP contribution in [0.1, 0.15) is 23.6 Å². The fourth-order valence-corrected chi connectivity index (χ4v) is 1.97. The monoisotopic (exact) mass is 241 g/mol. The Hall–Kier alpha value is -1.80. The van der Waals surface area contributed by atoms with E-state index in [9.17, 15) is 0 Å². The van der Waals surface area contributed by atoms with Crippen molar-refractivity contribution >= 4 is 0 Å². The summed E-state index contributed by atoms with van der Waals surface area (Å²) in [5.41, 5.74) is 9.09. The molecular formula is C16H19NO. The van der Waals surface area contributed by atoms with Gasteiger partial charge in [0.25, 0.3) is 0 Å². The van der Waals surface area contributed by atoms with E-state index in [0.717, 1.165) is 29.0 Å². The fraction of sp³-hybridized carbons (Fsp3) is 0.250. The molecule has 0 aliphatic heterocycles. The Morgan fingerprint density at radius 3 is 2.50 bits per heavy atom. The van der Waals surface area contributed by atoms with Crippen LogP contribution in [0.5, 0.6) is 11.5 Å². The van der Waals surface area contributed by atoms with Crippen molar-refractivity contribution in [2.75, 3.05) is 0 Å². The van der Waals surface area contributed by atoms with Crippen molar-refractivity contribution in [3.8, 4) is 11.5 Å². The second-order valence-corrected chi connectivity index (χ2v) is 4.37. The average Bonchev–Trinajstić information content (AvgIpc) is 2.41. The second kappa shape index (κ2) is 5.69. The first-order valence-corrected chi connectivity index (χ1v) is 6.30. The largest absolute Gasteiger partial charge is 0.457 e. The minimum absolute atomic E-state index is 0.562. The molecule has 0 radical (unpaired) electrons. The zero-order valence-corrected chi connectivity index (χ0v) is 10.9. The Morgan fingerprint density at radius 2 is 1.83 bits per heavy atom. The van der Waals surface area contributed by atoms with Gasteiger partial charge in [-0.3, -0.25) is 0 Å². The maximum Gasteiger partial charge on any atom is 0.130 e. The summed E-state index contributed by atoms with van der Waals surface area (Å²) in [6, 6.07) is 14.2. The highest BCUT2D eigenvalue weighted by atomic mass is 16.5. The lowest BCUT2D eigenvalue weighted by molar-refractivity contribution is 0.473. The Balaban J connectivity index is 2.28. The Labute approximate surface area is 108 Å². The van der Waals surface area contributed by atoms with Crippen LogP contribution in [0.4, 0.5) is 0 Å². The first kappa shape index (κ1) is 12.7. The van der Waals surface area contributed by atoms with E-state index in [2.05, 4.69) is 19.1 Å². The Bertz CT molecular complexity index is 534. The molecule has 0 heterocycles. The van der Waals surface area contributed by atoms with Crippen LogP contribution in [0.3, 0.4) is 0 Å². The van der Waals surface area contributed by atoms with Gasteiger partial charge >= 0.3 is 0 Å². The van der Waals surface area contributed by atoms with Crippen molar-refractivity contribution in [1.82, 2.24) is 0 Å². The van der Waals surface area contributed by atoms with Crippen molar-refractivity contribution in [2.45, 2.75) is 26.8 Å². The van der Waals surface area contributed by atoms with E-state index < -0.39 is 0 Å². The van der Waals surface area contributed by atoms with Gasteiger partial charge in [0.05, 0.1) is 0 Å². The minimum Gasteiger partial charge on any atom is -0.457 e. The third-order valence-electron chi connectivity index (χ3n) is 3.05. The number of rotatable bonds is 4. The van der Waals surface area contributed by atoms with E-state index in [4.69, 9.17) is 10.5 Å². The molecule has 2 N–H and O–H groups in total. The average molecular weight is 241 g/mol. The Morgan fingerprint density at radius 1 is 1.06 bits per heavy atom. The number of hydrogen-bond acceptors (Lipinski definition) is 2. The Kier molecular flexibility index (Phi) is 4.00. The number of nitrogens with two attached hydrogens (primary N) is 1. The van der Waals surface area contributed by atoms with Crippen LogP contribution in [0.2, 0.25) is 0 Å². The van der Waals surface area contributed by atoms with Crippen LogP contribution in [-0.2, 0) is 13.0 Å². The molecule has 0 atom stereocenters. The maximum atomic E-state index is 5.99. The smallest absolute Gasteiger partial charge is 0.130 e. The van der Waals surface area contributed by atoms with Gasteiger partial charge in [0.15, 0.2) is 0 Å². The molecule has 0 amide bonds. The van der Waals surface area contributed by atoms with Crippen LogP contribution in [0.25, 0.3) is 0 Å². The minimum atomic E-state index is 0.562. The summed E-state index contributed by atoms with van der Waals surface area (Å²) >= 11 is 0. The second-order valence-electron chi connectivity index (χ2n) is 4.37. The molecule has 2 aromatic rings. The fourth-order valence-electron chi connectivity index (χ4n) is 1.97. The highest BCUT2D eigenvalue weighted by Crippen LogP contribution is 2.28. The van der Waals surface area contributed by atoms with Gasteiger partial charge in [0.2, 0.25) is 0 Å². The van der Waals surface area contributed by atoms with Crippen LogP contribution < -0.4 is 10.5 Å². The molecule has 0 bridgehead atoms. The summed E-state index contributed by atoms with van der Waals surface area (Å²) in [6.45, 7) is 4.74. The van der Waals surface area contributed by atoms with Gasteiger partial charge in [0, 0.05) is 6.54 Å². The zero-order valence-electron chi connectivity index (χ0n) is 10.9.